The highest BCUT2D eigenvalue weighted by molar-refractivity contribution is 7.92. The Labute approximate surface area is 169 Å². The fourth-order valence-corrected chi connectivity index (χ4v) is 4.76. The van der Waals surface area contributed by atoms with Crippen LogP contribution in [0.4, 0.5) is 10.1 Å². The molecule has 0 aliphatic heterocycles. The van der Waals surface area contributed by atoms with E-state index in [0.29, 0.717) is 22.0 Å². The summed E-state index contributed by atoms with van der Waals surface area (Å²) in [5, 5.41) is 0.516. The molecule has 0 saturated heterocycles. The fraction of sp³-hybridized carbons (Fsp3) is 0.143. The van der Waals surface area contributed by atoms with Crippen LogP contribution in [0, 0.1) is 12.7 Å². The number of hydrogen-bond donors (Lipinski definition) is 0. The number of sulfonamides is 1. The predicted molar refractivity (Wildman–Crippen MR) is 109 cm³/mol. The third-order valence-electron chi connectivity index (χ3n) is 4.28. The summed E-state index contributed by atoms with van der Waals surface area (Å²) in [5.41, 5.74) is 1.53. The van der Waals surface area contributed by atoms with E-state index in [0.717, 1.165) is 11.6 Å². The van der Waals surface area contributed by atoms with Gasteiger partial charge in [-0.15, -0.1) is 0 Å². The SMILES string of the molecule is COc1ccc(N(Cc2cccc(Cl)c2)S(=O)(=O)c2ccc(F)cc2C)cc1. The lowest BCUT2D eigenvalue weighted by atomic mass is 10.2. The molecule has 0 radical (unpaired) electrons. The average Bonchev–Trinajstić information content (AvgIpc) is 2.66. The van der Waals surface area contributed by atoms with Crippen LogP contribution < -0.4 is 9.04 Å². The predicted octanol–water partition coefficient (Wildman–Crippen LogP) is 5.19. The molecule has 0 spiro atoms. The van der Waals surface area contributed by atoms with Gasteiger partial charge in [0.25, 0.3) is 10.0 Å². The van der Waals surface area contributed by atoms with Gasteiger partial charge in [-0.3, -0.25) is 4.31 Å². The third kappa shape index (κ3) is 4.29. The smallest absolute Gasteiger partial charge is 0.264 e. The van der Waals surface area contributed by atoms with Gasteiger partial charge >= 0.3 is 0 Å². The standard InChI is InChI=1S/C21H19ClFNO3S/c1-15-12-18(23)6-11-21(15)28(25,26)24(14-16-4-3-5-17(22)13-16)19-7-9-20(27-2)10-8-19/h3-13H,14H2,1-2H3. The van der Waals surface area contributed by atoms with Crippen LogP contribution in [0.15, 0.2) is 71.6 Å². The van der Waals surface area contributed by atoms with Crippen LogP contribution in [0.25, 0.3) is 0 Å². The maximum absolute atomic E-state index is 13.5. The van der Waals surface area contributed by atoms with E-state index in [1.807, 2.05) is 0 Å². The molecule has 4 nitrogen and oxygen atoms in total. The first-order chi connectivity index (χ1) is 13.3. The van der Waals surface area contributed by atoms with Gasteiger partial charge < -0.3 is 4.74 Å². The van der Waals surface area contributed by atoms with Crippen molar-refractivity contribution in [1.29, 1.82) is 0 Å². The van der Waals surface area contributed by atoms with Crippen molar-refractivity contribution in [3.05, 3.63) is 88.7 Å². The molecule has 7 heteroatoms. The van der Waals surface area contributed by atoms with Gasteiger partial charge in [0.1, 0.15) is 11.6 Å². The van der Waals surface area contributed by atoms with Crippen molar-refractivity contribution in [3.8, 4) is 5.75 Å². The first-order valence-corrected chi connectivity index (χ1v) is 10.3. The van der Waals surface area contributed by atoms with E-state index in [9.17, 15) is 12.8 Å². The van der Waals surface area contributed by atoms with E-state index >= 15 is 0 Å². The van der Waals surface area contributed by atoms with E-state index in [-0.39, 0.29) is 11.4 Å². The van der Waals surface area contributed by atoms with Gasteiger partial charge in [0.15, 0.2) is 0 Å². The van der Waals surface area contributed by atoms with Crippen LogP contribution in [0.2, 0.25) is 5.02 Å². The number of ether oxygens (including phenoxy) is 1. The van der Waals surface area contributed by atoms with Crippen LogP contribution in [0.5, 0.6) is 5.75 Å². The topological polar surface area (TPSA) is 46.6 Å². The lowest BCUT2D eigenvalue weighted by Gasteiger charge is -2.26. The minimum absolute atomic E-state index is 0.0479. The molecule has 146 valence electrons. The normalized spacial score (nSPS) is 11.3. The second kappa shape index (κ2) is 8.20. The van der Waals surface area contributed by atoms with Crippen molar-refractivity contribution < 1.29 is 17.5 Å². The van der Waals surface area contributed by atoms with Crippen molar-refractivity contribution in [2.45, 2.75) is 18.4 Å². The number of benzene rings is 3. The number of nitrogens with zero attached hydrogens (tertiary/aromatic N) is 1. The van der Waals surface area contributed by atoms with E-state index < -0.39 is 15.8 Å². The van der Waals surface area contributed by atoms with Crippen LogP contribution >= 0.6 is 11.6 Å². The maximum atomic E-state index is 13.5. The zero-order valence-corrected chi connectivity index (χ0v) is 17.0. The lowest BCUT2D eigenvalue weighted by molar-refractivity contribution is 0.415. The molecule has 0 aliphatic carbocycles. The quantitative estimate of drug-likeness (QED) is 0.552. The third-order valence-corrected chi connectivity index (χ3v) is 6.45. The van der Waals surface area contributed by atoms with E-state index in [2.05, 4.69) is 0 Å². The summed E-state index contributed by atoms with van der Waals surface area (Å²) in [6, 6.07) is 17.3. The Morgan fingerprint density at radius 1 is 1.04 bits per heavy atom. The number of aryl methyl sites for hydroxylation is 1. The van der Waals surface area contributed by atoms with Crippen LogP contribution in [-0.2, 0) is 16.6 Å². The van der Waals surface area contributed by atoms with E-state index in [1.165, 1.54) is 23.5 Å². The molecule has 0 atom stereocenters. The second-order valence-corrected chi connectivity index (χ2v) is 8.52. The Morgan fingerprint density at radius 2 is 1.75 bits per heavy atom. The maximum Gasteiger partial charge on any atom is 0.264 e. The number of hydrogen-bond acceptors (Lipinski definition) is 3. The van der Waals surface area contributed by atoms with Crippen LogP contribution in [0.1, 0.15) is 11.1 Å². The second-order valence-electron chi connectivity index (χ2n) is 6.25. The fourth-order valence-electron chi connectivity index (χ4n) is 2.89. The molecule has 0 heterocycles. The largest absolute Gasteiger partial charge is 0.497 e. The van der Waals surface area contributed by atoms with Gasteiger partial charge in [0.2, 0.25) is 0 Å². The highest BCUT2D eigenvalue weighted by Crippen LogP contribution is 2.29. The summed E-state index contributed by atoms with van der Waals surface area (Å²) in [5.74, 6) is 0.129. The summed E-state index contributed by atoms with van der Waals surface area (Å²) < 4.78 is 46.8. The molecule has 0 aromatic heterocycles. The molecule has 3 aromatic carbocycles. The number of halogens is 2. The molecular formula is C21H19ClFNO3S. The van der Waals surface area contributed by atoms with Gasteiger partial charge in [-0.1, -0.05) is 23.7 Å². The summed E-state index contributed by atoms with van der Waals surface area (Å²) >= 11 is 6.06. The monoisotopic (exact) mass is 419 g/mol. The average molecular weight is 420 g/mol. The summed E-state index contributed by atoms with van der Waals surface area (Å²) in [6.45, 7) is 1.65. The number of anilines is 1. The van der Waals surface area contributed by atoms with Gasteiger partial charge in [-0.2, -0.15) is 0 Å². The lowest BCUT2D eigenvalue weighted by Crippen LogP contribution is -2.31. The molecule has 0 bridgehead atoms. The van der Waals surface area contributed by atoms with Crippen molar-refractivity contribution >= 4 is 27.3 Å². The van der Waals surface area contributed by atoms with Crippen LogP contribution in [0.3, 0.4) is 0 Å². The highest BCUT2D eigenvalue weighted by atomic mass is 35.5. The van der Waals surface area contributed by atoms with Gasteiger partial charge in [-0.05, 0) is 72.6 Å². The molecule has 0 unspecified atom stereocenters. The molecule has 0 fully saturated rings. The summed E-state index contributed by atoms with van der Waals surface area (Å²) in [7, 11) is -2.41. The summed E-state index contributed by atoms with van der Waals surface area (Å²) in [6.07, 6.45) is 0. The molecule has 28 heavy (non-hydrogen) atoms. The molecule has 0 saturated carbocycles. The van der Waals surface area contributed by atoms with E-state index in [4.69, 9.17) is 16.3 Å². The highest BCUT2D eigenvalue weighted by Gasteiger charge is 2.27. The molecule has 0 aliphatic rings. The zero-order valence-electron chi connectivity index (χ0n) is 15.4. The minimum Gasteiger partial charge on any atom is -0.497 e. The Bertz CT molecular complexity index is 1090. The van der Waals surface area contributed by atoms with Crippen molar-refractivity contribution in [2.75, 3.05) is 11.4 Å². The van der Waals surface area contributed by atoms with Crippen molar-refractivity contribution in [2.24, 2.45) is 0 Å². The zero-order chi connectivity index (χ0) is 20.3. The van der Waals surface area contributed by atoms with Gasteiger partial charge in [-0.25, -0.2) is 12.8 Å². The number of methoxy groups -OCH3 is 1. The van der Waals surface area contributed by atoms with Crippen molar-refractivity contribution in [1.82, 2.24) is 0 Å². The summed E-state index contributed by atoms with van der Waals surface area (Å²) in [4.78, 5) is 0.0479. The van der Waals surface area contributed by atoms with Crippen molar-refractivity contribution in [3.63, 3.8) is 0 Å². The Hall–Kier alpha value is -2.57. The van der Waals surface area contributed by atoms with Crippen LogP contribution in [-0.4, -0.2) is 15.5 Å². The molecular weight excluding hydrogens is 401 g/mol. The van der Waals surface area contributed by atoms with E-state index in [1.54, 1.807) is 55.5 Å². The Morgan fingerprint density at radius 3 is 2.36 bits per heavy atom. The number of rotatable bonds is 6. The molecule has 0 amide bonds. The minimum atomic E-state index is -3.95. The van der Waals surface area contributed by atoms with Gasteiger partial charge in [0, 0.05) is 5.02 Å². The van der Waals surface area contributed by atoms with Gasteiger partial charge in [0.05, 0.1) is 24.2 Å². The first kappa shape index (κ1) is 20.2. The Kier molecular flexibility index (Phi) is 5.91. The molecule has 3 rings (SSSR count). The molecule has 3 aromatic rings. The Balaban J connectivity index is 2.10. The molecule has 0 N–H and O–H groups in total. The first-order valence-electron chi connectivity index (χ1n) is 8.48.